The summed E-state index contributed by atoms with van der Waals surface area (Å²) in [6.07, 6.45) is 14.4. The van der Waals surface area contributed by atoms with Gasteiger partial charge in [-0.15, -0.1) is 0 Å². The number of carbonyl (C=O) groups excluding carboxylic acids is 3. The molecule has 2 aliphatic carbocycles. The summed E-state index contributed by atoms with van der Waals surface area (Å²) in [6, 6.07) is -0.477. The van der Waals surface area contributed by atoms with Crippen molar-refractivity contribution in [3.05, 3.63) is 45.5 Å². The molecule has 2 atom stereocenters. The van der Waals surface area contributed by atoms with Crippen LogP contribution in [-0.4, -0.2) is 49.7 Å². The highest BCUT2D eigenvalue weighted by Crippen LogP contribution is 2.43. The SMILES string of the molecule is CC(=O)C1(C)CCC(n2ncc(C(=O)N3C[C@H](C4CCCCC4)CC3C(=O)c3c(Cl)cncc3Cl)c2C)CC1. The summed E-state index contributed by atoms with van der Waals surface area (Å²) in [7, 11) is 0. The van der Waals surface area contributed by atoms with Gasteiger partial charge in [-0.2, -0.15) is 5.10 Å². The van der Waals surface area contributed by atoms with E-state index in [9.17, 15) is 14.4 Å². The lowest BCUT2D eigenvalue weighted by Gasteiger charge is -2.35. The summed E-state index contributed by atoms with van der Waals surface area (Å²) in [6.45, 7) is 6.20. The summed E-state index contributed by atoms with van der Waals surface area (Å²) >= 11 is 12.8. The minimum Gasteiger partial charge on any atom is -0.328 e. The molecule has 0 N–H and O–H groups in total. The average Bonchev–Trinajstić information content (AvgIpc) is 3.53. The van der Waals surface area contributed by atoms with Crippen LogP contribution in [0, 0.1) is 24.2 Å². The predicted octanol–water partition coefficient (Wildman–Crippen LogP) is 6.90. The van der Waals surface area contributed by atoms with E-state index in [0.717, 1.165) is 44.2 Å². The second-order valence-electron chi connectivity index (χ2n) is 12.1. The maximum absolute atomic E-state index is 14.1. The highest BCUT2D eigenvalue weighted by Gasteiger charge is 2.44. The molecular formula is C30H38Cl2N4O3. The minimum atomic E-state index is -0.629. The fourth-order valence-electron chi connectivity index (χ4n) is 7.09. The molecule has 5 rings (SSSR count). The fourth-order valence-corrected chi connectivity index (χ4v) is 7.65. The van der Waals surface area contributed by atoms with Crippen molar-refractivity contribution in [3.8, 4) is 0 Å². The first kappa shape index (κ1) is 28.3. The smallest absolute Gasteiger partial charge is 0.257 e. The van der Waals surface area contributed by atoms with Crippen LogP contribution in [0.3, 0.4) is 0 Å². The van der Waals surface area contributed by atoms with Crippen molar-refractivity contribution < 1.29 is 14.4 Å². The highest BCUT2D eigenvalue weighted by atomic mass is 35.5. The Morgan fingerprint density at radius 1 is 0.949 bits per heavy atom. The molecule has 0 radical (unpaired) electrons. The van der Waals surface area contributed by atoms with Gasteiger partial charge >= 0.3 is 0 Å². The Morgan fingerprint density at radius 3 is 2.21 bits per heavy atom. The van der Waals surface area contributed by atoms with Crippen molar-refractivity contribution in [3.63, 3.8) is 0 Å². The van der Waals surface area contributed by atoms with E-state index in [1.54, 1.807) is 18.0 Å². The third kappa shape index (κ3) is 5.41. The van der Waals surface area contributed by atoms with E-state index in [1.165, 1.54) is 31.7 Å². The molecule has 0 aromatic carbocycles. The van der Waals surface area contributed by atoms with Crippen molar-refractivity contribution >= 4 is 40.7 Å². The quantitative estimate of drug-likeness (QED) is 0.351. The van der Waals surface area contributed by atoms with Gasteiger partial charge in [-0.1, -0.05) is 62.2 Å². The summed E-state index contributed by atoms with van der Waals surface area (Å²) < 4.78 is 1.95. The first-order chi connectivity index (χ1) is 18.6. The van der Waals surface area contributed by atoms with Crippen LogP contribution in [0.15, 0.2) is 18.6 Å². The summed E-state index contributed by atoms with van der Waals surface area (Å²) in [5, 5.41) is 5.05. The minimum absolute atomic E-state index is 0.152. The standard InChI is InChI=1S/C30H38Cl2N4O3/c1-18-23(14-34-36(18)22-9-11-30(3,12-10-22)19(2)37)29(39)35-17-21(20-7-5-4-6-8-20)13-26(35)28(38)27-24(31)15-33-16-25(27)32/h14-16,20-22,26H,4-13,17H2,1-3H3/t21-,22?,26?,30?/m1/s1. The molecule has 9 heteroatoms. The summed E-state index contributed by atoms with van der Waals surface area (Å²) in [5.74, 6) is 0.624. The van der Waals surface area contributed by atoms with Crippen LogP contribution in [-0.2, 0) is 4.79 Å². The lowest BCUT2D eigenvalue weighted by Crippen LogP contribution is -2.41. The number of aromatic nitrogens is 3. The number of nitrogens with zero attached hydrogens (tertiary/aromatic N) is 4. The van der Waals surface area contributed by atoms with Gasteiger partial charge in [-0.25, -0.2) is 0 Å². The molecule has 0 spiro atoms. The number of amides is 1. The molecule has 1 aliphatic heterocycles. The predicted molar refractivity (Wildman–Crippen MR) is 151 cm³/mol. The van der Waals surface area contributed by atoms with Gasteiger partial charge in [0, 0.05) is 30.0 Å². The molecule has 1 saturated heterocycles. The second-order valence-corrected chi connectivity index (χ2v) is 13.0. The van der Waals surface area contributed by atoms with Gasteiger partial charge in [0.2, 0.25) is 0 Å². The number of hydrogen-bond acceptors (Lipinski definition) is 5. The van der Waals surface area contributed by atoms with Crippen LogP contribution >= 0.6 is 23.2 Å². The third-order valence-electron chi connectivity index (χ3n) is 9.84. The Balaban J connectivity index is 1.41. The summed E-state index contributed by atoms with van der Waals surface area (Å²) in [4.78, 5) is 45.8. The van der Waals surface area contributed by atoms with Crippen LogP contribution in [0.1, 0.15) is 111 Å². The topological polar surface area (TPSA) is 85.2 Å². The molecule has 1 amide bonds. The Kier molecular flexibility index (Phi) is 8.21. The lowest BCUT2D eigenvalue weighted by atomic mass is 9.71. The van der Waals surface area contributed by atoms with Crippen LogP contribution in [0.4, 0.5) is 0 Å². The number of hydrogen-bond donors (Lipinski definition) is 0. The molecule has 3 fully saturated rings. The molecule has 2 aromatic heterocycles. The number of likely N-dealkylation sites (tertiary alicyclic amines) is 1. The normalized spacial score (nSPS) is 28.0. The van der Waals surface area contributed by atoms with Gasteiger partial charge in [0.25, 0.3) is 5.91 Å². The lowest BCUT2D eigenvalue weighted by molar-refractivity contribution is -0.127. The van der Waals surface area contributed by atoms with Crippen molar-refractivity contribution in [1.82, 2.24) is 19.7 Å². The van der Waals surface area contributed by atoms with E-state index in [2.05, 4.69) is 10.1 Å². The van der Waals surface area contributed by atoms with Crippen LogP contribution < -0.4 is 0 Å². The molecule has 210 valence electrons. The zero-order chi connectivity index (χ0) is 27.9. The Morgan fingerprint density at radius 2 is 1.59 bits per heavy atom. The number of pyridine rings is 1. The van der Waals surface area contributed by atoms with E-state index in [4.69, 9.17) is 23.2 Å². The second kappa shape index (κ2) is 11.3. The Hall–Kier alpha value is -2.25. The van der Waals surface area contributed by atoms with Gasteiger partial charge in [0.15, 0.2) is 5.78 Å². The van der Waals surface area contributed by atoms with Crippen molar-refractivity contribution in [2.45, 2.75) is 97.1 Å². The molecule has 3 aliphatic rings. The first-order valence-electron chi connectivity index (χ1n) is 14.3. The molecule has 7 nitrogen and oxygen atoms in total. The van der Waals surface area contributed by atoms with E-state index in [0.29, 0.717) is 24.4 Å². The molecule has 39 heavy (non-hydrogen) atoms. The molecule has 3 heterocycles. The third-order valence-corrected chi connectivity index (χ3v) is 10.4. The monoisotopic (exact) mass is 572 g/mol. The van der Waals surface area contributed by atoms with E-state index < -0.39 is 6.04 Å². The zero-order valence-corrected chi connectivity index (χ0v) is 24.6. The van der Waals surface area contributed by atoms with Crippen molar-refractivity contribution in [1.29, 1.82) is 0 Å². The highest BCUT2D eigenvalue weighted by molar-refractivity contribution is 6.40. The number of ketones is 2. The van der Waals surface area contributed by atoms with Gasteiger partial charge in [0.05, 0.1) is 39.5 Å². The molecule has 1 unspecified atom stereocenters. The zero-order valence-electron chi connectivity index (χ0n) is 23.1. The largest absolute Gasteiger partial charge is 0.328 e. The van der Waals surface area contributed by atoms with E-state index in [1.807, 2.05) is 18.5 Å². The van der Waals surface area contributed by atoms with Gasteiger partial charge in [-0.05, 0) is 57.8 Å². The van der Waals surface area contributed by atoms with Gasteiger partial charge in [-0.3, -0.25) is 24.0 Å². The maximum atomic E-state index is 14.1. The van der Waals surface area contributed by atoms with E-state index >= 15 is 0 Å². The van der Waals surface area contributed by atoms with Crippen molar-refractivity contribution in [2.24, 2.45) is 17.3 Å². The number of halogens is 2. The Labute approximate surface area is 240 Å². The van der Waals surface area contributed by atoms with Gasteiger partial charge in [0.1, 0.15) is 5.78 Å². The molecular weight excluding hydrogens is 535 g/mol. The molecule has 0 bridgehead atoms. The van der Waals surface area contributed by atoms with Crippen molar-refractivity contribution in [2.75, 3.05) is 6.54 Å². The number of Topliss-reactive ketones (excluding diaryl/α,β-unsaturated/α-hetero) is 2. The average molecular weight is 574 g/mol. The Bertz CT molecular complexity index is 1240. The molecule has 2 aromatic rings. The van der Waals surface area contributed by atoms with Gasteiger partial charge < -0.3 is 4.90 Å². The van der Waals surface area contributed by atoms with E-state index in [-0.39, 0.29) is 50.5 Å². The van der Waals surface area contributed by atoms with Crippen LogP contribution in [0.25, 0.3) is 0 Å². The number of carbonyl (C=O) groups is 3. The van der Waals surface area contributed by atoms with Crippen LogP contribution in [0.2, 0.25) is 10.0 Å². The number of rotatable bonds is 6. The molecule has 2 saturated carbocycles. The maximum Gasteiger partial charge on any atom is 0.257 e. The summed E-state index contributed by atoms with van der Waals surface area (Å²) in [5.41, 5.74) is 1.31. The first-order valence-corrected chi connectivity index (χ1v) is 15.1. The van der Waals surface area contributed by atoms with Crippen LogP contribution in [0.5, 0.6) is 0 Å². The fraction of sp³-hybridized carbons (Fsp3) is 0.633.